The summed E-state index contributed by atoms with van der Waals surface area (Å²) in [7, 11) is 0. The quantitative estimate of drug-likeness (QED) is 0.213. The minimum absolute atomic E-state index is 0.214. The molecular weight excluding hydrogens is 524 g/mol. The van der Waals surface area contributed by atoms with E-state index in [1.165, 1.54) is 0 Å². The SMILES string of the molecule is CC(C)(C)c1cc(C(=O)Nc2ccccc2NC(=O)N(Cc2ccccc2)Cc2ccccn2)cc(C(C)(C)C)c1O. The molecule has 0 atom stereocenters. The van der Waals surface area contributed by atoms with Gasteiger partial charge >= 0.3 is 6.03 Å². The van der Waals surface area contributed by atoms with Crippen LogP contribution in [-0.2, 0) is 23.9 Å². The molecule has 0 unspecified atom stereocenters. The maximum atomic E-state index is 13.6. The van der Waals surface area contributed by atoms with Gasteiger partial charge in [-0.15, -0.1) is 0 Å². The molecule has 0 bridgehead atoms. The van der Waals surface area contributed by atoms with Crippen LogP contribution in [0.3, 0.4) is 0 Å². The van der Waals surface area contributed by atoms with E-state index in [1.807, 2.05) is 96.1 Å². The summed E-state index contributed by atoms with van der Waals surface area (Å²) in [5.74, 6) is -0.118. The summed E-state index contributed by atoms with van der Waals surface area (Å²) in [6.07, 6.45) is 1.71. The molecule has 0 aliphatic carbocycles. The number of benzene rings is 3. The van der Waals surface area contributed by atoms with Gasteiger partial charge in [0, 0.05) is 29.4 Å². The molecule has 0 aliphatic rings. The normalized spacial score (nSPS) is 11.6. The molecule has 7 nitrogen and oxygen atoms in total. The first-order chi connectivity index (χ1) is 19.8. The van der Waals surface area contributed by atoms with Crippen molar-refractivity contribution in [1.29, 1.82) is 0 Å². The van der Waals surface area contributed by atoms with Crippen LogP contribution in [0, 0.1) is 0 Å². The van der Waals surface area contributed by atoms with Crippen LogP contribution in [0.25, 0.3) is 0 Å². The minimum atomic E-state index is -0.373. The first kappa shape index (κ1) is 30.3. The standard InChI is InChI=1S/C35H40N4O3/c1-34(2,3)27-20-25(21-28(31(27)40)35(4,5)6)32(41)37-29-17-10-11-18-30(29)38-33(42)39(22-24-14-8-7-9-15-24)23-26-16-12-13-19-36-26/h7-21,40H,22-23H2,1-6H3,(H,37,41)(H,38,42). The lowest BCUT2D eigenvalue weighted by Crippen LogP contribution is -2.34. The monoisotopic (exact) mass is 564 g/mol. The van der Waals surface area contributed by atoms with E-state index in [2.05, 4.69) is 15.6 Å². The summed E-state index contributed by atoms with van der Waals surface area (Å²) in [6, 6.07) is 25.7. The van der Waals surface area contributed by atoms with E-state index < -0.39 is 0 Å². The molecule has 4 rings (SSSR count). The summed E-state index contributed by atoms with van der Waals surface area (Å²) in [6.45, 7) is 12.7. The Bertz CT molecular complexity index is 1460. The summed E-state index contributed by atoms with van der Waals surface area (Å²) < 4.78 is 0. The number of para-hydroxylation sites is 2. The molecule has 3 N–H and O–H groups in total. The number of phenols is 1. The highest BCUT2D eigenvalue weighted by atomic mass is 16.3. The molecule has 0 saturated carbocycles. The zero-order chi connectivity index (χ0) is 30.5. The Morgan fingerprint density at radius 2 is 1.29 bits per heavy atom. The molecule has 7 heteroatoms. The van der Waals surface area contributed by atoms with E-state index in [0.717, 1.165) is 11.3 Å². The minimum Gasteiger partial charge on any atom is -0.507 e. The van der Waals surface area contributed by atoms with Crippen molar-refractivity contribution in [2.24, 2.45) is 0 Å². The van der Waals surface area contributed by atoms with Gasteiger partial charge < -0.3 is 20.6 Å². The summed E-state index contributed by atoms with van der Waals surface area (Å²) in [5.41, 5.74) is 3.79. The number of nitrogens with one attached hydrogen (secondary N) is 2. The van der Waals surface area contributed by atoms with Gasteiger partial charge in [0.2, 0.25) is 0 Å². The number of aromatic hydroxyl groups is 1. The Balaban J connectivity index is 1.61. The third-order valence-electron chi connectivity index (χ3n) is 6.99. The third-order valence-corrected chi connectivity index (χ3v) is 6.99. The fourth-order valence-electron chi connectivity index (χ4n) is 4.69. The summed E-state index contributed by atoms with van der Waals surface area (Å²) in [5, 5.41) is 17.0. The van der Waals surface area contributed by atoms with Crippen molar-refractivity contribution in [2.75, 3.05) is 10.6 Å². The molecule has 0 radical (unpaired) electrons. The fourth-order valence-corrected chi connectivity index (χ4v) is 4.69. The third kappa shape index (κ3) is 7.55. The van der Waals surface area contributed by atoms with Gasteiger partial charge in [0.1, 0.15) is 5.75 Å². The van der Waals surface area contributed by atoms with Crippen molar-refractivity contribution in [3.05, 3.63) is 119 Å². The molecule has 218 valence electrons. The second-order valence-electron chi connectivity index (χ2n) is 12.5. The van der Waals surface area contributed by atoms with Crippen LogP contribution >= 0.6 is 0 Å². The maximum absolute atomic E-state index is 13.6. The Morgan fingerprint density at radius 1 is 0.738 bits per heavy atom. The lowest BCUT2D eigenvalue weighted by Gasteiger charge is -2.28. The number of hydrogen-bond donors (Lipinski definition) is 3. The van der Waals surface area contributed by atoms with Gasteiger partial charge in [-0.2, -0.15) is 0 Å². The number of aromatic nitrogens is 1. The topological polar surface area (TPSA) is 94.6 Å². The van der Waals surface area contributed by atoms with Crippen molar-refractivity contribution in [2.45, 2.75) is 65.5 Å². The number of pyridine rings is 1. The maximum Gasteiger partial charge on any atom is 0.322 e. The van der Waals surface area contributed by atoms with Crippen molar-refractivity contribution in [3.8, 4) is 5.75 Å². The zero-order valence-corrected chi connectivity index (χ0v) is 25.2. The number of anilines is 2. The van der Waals surface area contributed by atoms with Gasteiger partial charge in [-0.05, 0) is 52.8 Å². The highest BCUT2D eigenvalue weighted by Crippen LogP contribution is 2.40. The predicted octanol–water partition coefficient (Wildman–Crippen LogP) is 7.87. The molecule has 0 fully saturated rings. The Kier molecular flexibility index (Phi) is 9.00. The lowest BCUT2D eigenvalue weighted by molar-refractivity contribution is 0.102. The molecule has 0 saturated heterocycles. The number of carbonyl (C=O) groups excluding carboxylic acids is 2. The Labute approximate surface area is 248 Å². The van der Waals surface area contributed by atoms with E-state index in [4.69, 9.17) is 0 Å². The Hall–Kier alpha value is -4.65. The average molecular weight is 565 g/mol. The number of hydrogen-bond acceptors (Lipinski definition) is 4. The Morgan fingerprint density at radius 3 is 1.83 bits per heavy atom. The predicted molar refractivity (Wildman–Crippen MR) is 169 cm³/mol. The molecule has 3 aromatic carbocycles. The van der Waals surface area contributed by atoms with Gasteiger partial charge in [0.15, 0.2) is 0 Å². The summed E-state index contributed by atoms with van der Waals surface area (Å²) >= 11 is 0. The van der Waals surface area contributed by atoms with Crippen LogP contribution in [0.1, 0.15) is 74.3 Å². The van der Waals surface area contributed by atoms with E-state index in [0.29, 0.717) is 41.2 Å². The lowest BCUT2D eigenvalue weighted by atomic mass is 9.78. The second kappa shape index (κ2) is 12.5. The van der Waals surface area contributed by atoms with Crippen LogP contribution in [0.5, 0.6) is 5.75 Å². The fraction of sp³-hybridized carbons (Fsp3) is 0.286. The van der Waals surface area contributed by atoms with Gasteiger partial charge in [-0.3, -0.25) is 9.78 Å². The molecule has 0 aliphatic heterocycles. The van der Waals surface area contributed by atoms with Gasteiger partial charge in [-0.1, -0.05) is 90.1 Å². The smallest absolute Gasteiger partial charge is 0.322 e. The van der Waals surface area contributed by atoms with Crippen molar-refractivity contribution in [1.82, 2.24) is 9.88 Å². The first-order valence-corrected chi connectivity index (χ1v) is 14.1. The zero-order valence-electron chi connectivity index (χ0n) is 25.2. The average Bonchev–Trinajstić information content (AvgIpc) is 2.93. The van der Waals surface area contributed by atoms with Crippen LogP contribution < -0.4 is 10.6 Å². The van der Waals surface area contributed by atoms with Gasteiger partial charge in [0.05, 0.1) is 23.6 Å². The number of amides is 3. The second-order valence-corrected chi connectivity index (χ2v) is 12.5. The van der Waals surface area contributed by atoms with Crippen molar-refractivity contribution < 1.29 is 14.7 Å². The van der Waals surface area contributed by atoms with E-state index in [-0.39, 0.29) is 28.5 Å². The molecule has 42 heavy (non-hydrogen) atoms. The molecule has 1 aromatic heterocycles. The van der Waals surface area contributed by atoms with E-state index in [1.54, 1.807) is 41.4 Å². The highest BCUT2D eigenvalue weighted by molar-refractivity contribution is 6.07. The van der Waals surface area contributed by atoms with Crippen LogP contribution in [0.2, 0.25) is 0 Å². The van der Waals surface area contributed by atoms with E-state index >= 15 is 0 Å². The van der Waals surface area contributed by atoms with Gasteiger partial charge in [0.25, 0.3) is 5.91 Å². The van der Waals surface area contributed by atoms with Crippen LogP contribution in [0.4, 0.5) is 16.2 Å². The molecule has 0 spiro atoms. The number of phenolic OH excluding ortho intramolecular Hbond substituents is 1. The largest absolute Gasteiger partial charge is 0.507 e. The molecule has 1 heterocycles. The number of rotatable bonds is 7. The molecular formula is C35H40N4O3. The highest BCUT2D eigenvalue weighted by Gasteiger charge is 2.28. The number of carbonyl (C=O) groups is 2. The van der Waals surface area contributed by atoms with Crippen molar-refractivity contribution in [3.63, 3.8) is 0 Å². The van der Waals surface area contributed by atoms with E-state index in [9.17, 15) is 14.7 Å². The molecule has 3 amide bonds. The number of nitrogens with zero attached hydrogens (tertiary/aromatic N) is 2. The van der Waals surface area contributed by atoms with Crippen molar-refractivity contribution >= 4 is 23.3 Å². The summed E-state index contributed by atoms with van der Waals surface area (Å²) in [4.78, 5) is 33.3. The van der Waals surface area contributed by atoms with Crippen LogP contribution in [0.15, 0.2) is 91.1 Å². The van der Waals surface area contributed by atoms with Gasteiger partial charge in [-0.25, -0.2) is 4.79 Å². The van der Waals surface area contributed by atoms with Crippen LogP contribution in [-0.4, -0.2) is 26.9 Å². The molecule has 4 aromatic rings. The number of urea groups is 1. The first-order valence-electron chi connectivity index (χ1n) is 14.1.